The second-order valence-corrected chi connectivity index (χ2v) is 4.27. The van der Waals surface area contributed by atoms with Gasteiger partial charge in [0.2, 0.25) is 0 Å². The van der Waals surface area contributed by atoms with Gasteiger partial charge >= 0.3 is 0 Å². The Hall–Kier alpha value is -2.20. The molecule has 0 aliphatic heterocycles. The summed E-state index contributed by atoms with van der Waals surface area (Å²) >= 11 is 0. The smallest absolute Gasteiger partial charge is 0.255 e. The SMILES string of the molecule is Cc1ccc(C(=O)Nc2ccc(CO)cc2)cc1F. The molecule has 2 N–H and O–H groups in total. The van der Waals surface area contributed by atoms with Crippen molar-refractivity contribution >= 4 is 11.6 Å². The van der Waals surface area contributed by atoms with Gasteiger partial charge in [-0.1, -0.05) is 18.2 Å². The van der Waals surface area contributed by atoms with Gasteiger partial charge in [-0.3, -0.25) is 4.79 Å². The zero-order valence-electron chi connectivity index (χ0n) is 10.5. The summed E-state index contributed by atoms with van der Waals surface area (Å²) in [5.41, 5.74) is 2.14. The number of nitrogens with one attached hydrogen (secondary N) is 1. The number of carbonyl (C=O) groups excluding carboxylic acids is 1. The fourth-order valence-corrected chi connectivity index (χ4v) is 1.63. The van der Waals surface area contributed by atoms with Crippen molar-refractivity contribution in [1.29, 1.82) is 0 Å². The molecule has 19 heavy (non-hydrogen) atoms. The van der Waals surface area contributed by atoms with E-state index in [0.717, 1.165) is 5.56 Å². The number of hydrogen-bond donors (Lipinski definition) is 2. The summed E-state index contributed by atoms with van der Waals surface area (Å²) in [6, 6.07) is 11.2. The zero-order valence-corrected chi connectivity index (χ0v) is 10.5. The lowest BCUT2D eigenvalue weighted by Crippen LogP contribution is -2.12. The molecule has 0 bridgehead atoms. The maximum atomic E-state index is 13.4. The van der Waals surface area contributed by atoms with Crippen LogP contribution in [0, 0.1) is 12.7 Å². The Bertz CT molecular complexity index is 594. The Morgan fingerprint density at radius 1 is 1.21 bits per heavy atom. The molecule has 0 atom stereocenters. The number of aryl methyl sites for hydroxylation is 1. The van der Waals surface area contributed by atoms with E-state index in [-0.39, 0.29) is 18.1 Å². The summed E-state index contributed by atoms with van der Waals surface area (Å²) < 4.78 is 13.4. The van der Waals surface area contributed by atoms with Gasteiger partial charge in [-0.2, -0.15) is 0 Å². The number of amides is 1. The fraction of sp³-hybridized carbons (Fsp3) is 0.133. The van der Waals surface area contributed by atoms with Gasteiger partial charge < -0.3 is 10.4 Å². The largest absolute Gasteiger partial charge is 0.392 e. The second kappa shape index (κ2) is 5.63. The van der Waals surface area contributed by atoms with Crippen molar-refractivity contribution in [3.8, 4) is 0 Å². The lowest BCUT2D eigenvalue weighted by molar-refractivity contribution is 0.102. The van der Waals surface area contributed by atoms with Crippen LogP contribution in [0.5, 0.6) is 0 Å². The zero-order chi connectivity index (χ0) is 13.8. The molecule has 0 radical (unpaired) electrons. The summed E-state index contributed by atoms with van der Waals surface area (Å²) in [6.07, 6.45) is 0. The van der Waals surface area contributed by atoms with Crippen molar-refractivity contribution in [3.63, 3.8) is 0 Å². The molecule has 4 heteroatoms. The maximum absolute atomic E-state index is 13.4. The van der Waals surface area contributed by atoms with Gasteiger partial charge in [0.1, 0.15) is 5.82 Å². The lowest BCUT2D eigenvalue weighted by atomic mass is 10.1. The van der Waals surface area contributed by atoms with E-state index in [2.05, 4.69) is 5.32 Å². The van der Waals surface area contributed by atoms with Gasteiger partial charge in [0.25, 0.3) is 5.91 Å². The Labute approximate surface area is 110 Å². The molecule has 0 fully saturated rings. The molecular weight excluding hydrogens is 245 g/mol. The molecular formula is C15H14FNO2. The van der Waals surface area contributed by atoms with Crippen molar-refractivity contribution in [3.05, 3.63) is 65.0 Å². The van der Waals surface area contributed by atoms with E-state index in [9.17, 15) is 9.18 Å². The van der Waals surface area contributed by atoms with Crippen molar-refractivity contribution in [2.75, 3.05) is 5.32 Å². The van der Waals surface area contributed by atoms with Crippen LogP contribution in [0.25, 0.3) is 0 Å². The summed E-state index contributed by atoms with van der Waals surface area (Å²) in [6.45, 7) is 1.60. The third-order valence-electron chi connectivity index (χ3n) is 2.83. The number of rotatable bonds is 3. The van der Waals surface area contributed by atoms with Crippen molar-refractivity contribution in [1.82, 2.24) is 0 Å². The van der Waals surface area contributed by atoms with Gasteiger partial charge in [-0.15, -0.1) is 0 Å². The van der Waals surface area contributed by atoms with Crippen molar-refractivity contribution in [2.45, 2.75) is 13.5 Å². The van der Waals surface area contributed by atoms with Gasteiger partial charge in [0.15, 0.2) is 0 Å². The predicted octanol–water partition coefficient (Wildman–Crippen LogP) is 2.88. The number of benzene rings is 2. The van der Waals surface area contributed by atoms with Crippen LogP contribution in [-0.2, 0) is 6.61 Å². The summed E-state index contributed by atoms with van der Waals surface area (Å²) in [7, 11) is 0. The fourth-order valence-electron chi connectivity index (χ4n) is 1.63. The van der Waals surface area contributed by atoms with E-state index >= 15 is 0 Å². The molecule has 98 valence electrons. The van der Waals surface area contributed by atoms with Crippen LogP contribution in [0.1, 0.15) is 21.5 Å². The first kappa shape index (κ1) is 13.2. The Kier molecular flexibility index (Phi) is 3.92. The highest BCUT2D eigenvalue weighted by atomic mass is 19.1. The summed E-state index contributed by atoms with van der Waals surface area (Å²) in [5, 5.41) is 11.6. The van der Waals surface area contributed by atoms with E-state index in [1.807, 2.05) is 0 Å². The molecule has 0 aromatic heterocycles. The highest BCUT2D eigenvalue weighted by molar-refractivity contribution is 6.04. The monoisotopic (exact) mass is 259 g/mol. The lowest BCUT2D eigenvalue weighted by Gasteiger charge is -2.06. The molecule has 0 aliphatic carbocycles. The highest BCUT2D eigenvalue weighted by Gasteiger charge is 2.08. The van der Waals surface area contributed by atoms with E-state index < -0.39 is 5.82 Å². The number of aliphatic hydroxyl groups is 1. The van der Waals surface area contributed by atoms with E-state index in [4.69, 9.17) is 5.11 Å². The number of aliphatic hydroxyl groups excluding tert-OH is 1. The first-order chi connectivity index (χ1) is 9.10. The summed E-state index contributed by atoms with van der Waals surface area (Å²) in [5.74, 6) is -0.765. The van der Waals surface area contributed by atoms with Crippen LogP contribution in [0.2, 0.25) is 0 Å². The number of halogens is 1. The van der Waals surface area contributed by atoms with Crippen molar-refractivity contribution < 1.29 is 14.3 Å². The molecule has 0 saturated heterocycles. The maximum Gasteiger partial charge on any atom is 0.255 e. The average molecular weight is 259 g/mol. The highest BCUT2D eigenvalue weighted by Crippen LogP contribution is 2.13. The van der Waals surface area contributed by atoms with Crippen LogP contribution in [0.4, 0.5) is 10.1 Å². The van der Waals surface area contributed by atoms with Crippen molar-refractivity contribution in [2.24, 2.45) is 0 Å². The van der Waals surface area contributed by atoms with Crippen LogP contribution in [0.15, 0.2) is 42.5 Å². The number of hydrogen-bond acceptors (Lipinski definition) is 2. The predicted molar refractivity (Wildman–Crippen MR) is 71.5 cm³/mol. The third-order valence-corrected chi connectivity index (χ3v) is 2.83. The Morgan fingerprint density at radius 3 is 2.47 bits per heavy atom. The standard InChI is InChI=1S/C15H14FNO2/c1-10-2-5-12(8-14(10)16)15(19)17-13-6-3-11(9-18)4-7-13/h2-8,18H,9H2,1H3,(H,17,19). The molecule has 0 aliphatic rings. The second-order valence-electron chi connectivity index (χ2n) is 4.27. The molecule has 3 nitrogen and oxygen atoms in total. The van der Waals surface area contributed by atoms with Gasteiger partial charge in [0, 0.05) is 11.3 Å². The molecule has 0 spiro atoms. The average Bonchev–Trinajstić information content (AvgIpc) is 2.42. The molecule has 0 heterocycles. The quantitative estimate of drug-likeness (QED) is 0.890. The van der Waals surface area contributed by atoms with Crippen LogP contribution in [0.3, 0.4) is 0 Å². The van der Waals surface area contributed by atoms with Crippen LogP contribution >= 0.6 is 0 Å². The Balaban J connectivity index is 2.13. The van der Waals surface area contributed by atoms with Crippen LogP contribution < -0.4 is 5.32 Å². The van der Waals surface area contributed by atoms with E-state index in [1.54, 1.807) is 43.3 Å². The molecule has 0 saturated carbocycles. The third kappa shape index (κ3) is 3.17. The Morgan fingerprint density at radius 2 is 1.89 bits per heavy atom. The van der Waals surface area contributed by atoms with E-state index in [0.29, 0.717) is 11.3 Å². The molecule has 2 aromatic carbocycles. The molecule has 2 aromatic rings. The minimum atomic E-state index is -0.400. The first-order valence-electron chi connectivity index (χ1n) is 5.87. The molecule has 1 amide bonds. The minimum Gasteiger partial charge on any atom is -0.392 e. The van der Waals surface area contributed by atoms with Gasteiger partial charge in [0.05, 0.1) is 6.61 Å². The first-order valence-corrected chi connectivity index (χ1v) is 5.87. The topological polar surface area (TPSA) is 49.3 Å². The minimum absolute atomic E-state index is 0.0442. The van der Waals surface area contributed by atoms with Crippen LogP contribution in [-0.4, -0.2) is 11.0 Å². The van der Waals surface area contributed by atoms with Gasteiger partial charge in [-0.25, -0.2) is 4.39 Å². The van der Waals surface area contributed by atoms with E-state index in [1.165, 1.54) is 6.07 Å². The molecule has 2 rings (SSSR count). The number of anilines is 1. The number of carbonyl (C=O) groups is 1. The van der Waals surface area contributed by atoms with Gasteiger partial charge in [-0.05, 0) is 42.3 Å². The summed E-state index contributed by atoms with van der Waals surface area (Å²) in [4.78, 5) is 11.9. The molecule has 0 unspecified atom stereocenters. The normalized spacial score (nSPS) is 10.3.